The maximum absolute atomic E-state index is 12.5. The first-order valence-corrected chi connectivity index (χ1v) is 8.63. The van der Waals surface area contributed by atoms with Gasteiger partial charge in [0.25, 0.3) is 0 Å². The number of aliphatic hydroxyl groups is 2. The van der Waals surface area contributed by atoms with Gasteiger partial charge < -0.3 is 24.6 Å². The molecule has 0 radical (unpaired) electrons. The zero-order valence-electron chi connectivity index (χ0n) is 14.0. The summed E-state index contributed by atoms with van der Waals surface area (Å²) in [5, 5.41) is 19.8. The van der Waals surface area contributed by atoms with Crippen LogP contribution in [0.3, 0.4) is 0 Å². The summed E-state index contributed by atoms with van der Waals surface area (Å²) < 4.78 is 10.6. The van der Waals surface area contributed by atoms with Crippen LogP contribution in [0.15, 0.2) is 0 Å². The first-order valence-electron chi connectivity index (χ1n) is 8.63. The summed E-state index contributed by atoms with van der Waals surface area (Å²) in [6.45, 7) is 7.65. The lowest BCUT2D eigenvalue weighted by Gasteiger charge is -2.35. The molecule has 0 aromatic heterocycles. The third kappa shape index (κ3) is 5.69. The number of hydrogen-bond acceptors (Lipinski definition) is 6. The Labute approximate surface area is 138 Å². The highest BCUT2D eigenvalue weighted by atomic mass is 16.5. The van der Waals surface area contributed by atoms with Crippen molar-refractivity contribution >= 4 is 5.91 Å². The van der Waals surface area contributed by atoms with E-state index in [-0.39, 0.29) is 18.4 Å². The molecule has 7 heteroatoms. The van der Waals surface area contributed by atoms with Crippen LogP contribution in [0.1, 0.15) is 19.8 Å². The van der Waals surface area contributed by atoms with Crippen molar-refractivity contribution in [3.8, 4) is 0 Å². The van der Waals surface area contributed by atoms with Crippen molar-refractivity contribution in [2.24, 2.45) is 5.92 Å². The molecular weight excluding hydrogens is 300 g/mol. The maximum atomic E-state index is 12.5. The SMILES string of the molecule is CCCN(C[C@@H]1COC[C@@H](O)[C@H]1O)C(=O)CCN1CCOCC1. The average molecular weight is 330 g/mol. The molecule has 2 N–H and O–H groups in total. The van der Waals surface area contributed by atoms with Gasteiger partial charge in [-0.1, -0.05) is 6.92 Å². The maximum Gasteiger partial charge on any atom is 0.223 e. The molecule has 7 nitrogen and oxygen atoms in total. The second kappa shape index (κ2) is 9.54. The highest BCUT2D eigenvalue weighted by molar-refractivity contribution is 5.76. The lowest BCUT2D eigenvalue weighted by atomic mass is 9.95. The minimum absolute atomic E-state index is 0.102. The highest BCUT2D eigenvalue weighted by Gasteiger charge is 2.33. The van der Waals surface area contributed by atoms with Crippen molar-refractivity contribution in [1.82, 2.24) is 9.80 Å². The first-order chi connectivity index (χ1) is 11.1. The van der Waals surface area contributed by atoms with Gasteiger partial charge >= 0.3 is 0 Å². The molecule has 2 heterocycles. The molecule has 2 aliphatic rings. The second-order valence-corrected chi connectivity index (χ2v) is 6.40. The largest absolute Gasteiger partial charge is 0.390 e. The third-order valence-electron chi connectivity index (χ3n) is 4.54. The standard InChI is InChI=1S/C16H30N2O5/c1-2-4-18(10-13-11-23-12-14(19)16(13)21)15(20)3-5-17-6-8-22-9-7-17/h13-14,16,19,21H,2-12H2,1H3/t13-,14-,16+/m1/s1. The number of morpholine rings is 1. The van der Waals surface area contributed by atoms with Gasteiger partial charge in [0.15, 0.2) is 0 Å². The van der Waals surface area contributed by atoms with E-state index in [0.717, 1.165) is 39.3 Å². The topological polar surface area (TPSA) is 82.5 Å². The van der Waals surface area contributed by atoms with Gasteiger partial charge in [0.2, 0.25) is 5.91 Å². The number of hydrogen-bond donors (Lipinski definition) is 2. The Kier molecular flexibility index (Phi) is 7.72. The second-order valence-electron chi connectivity index (χ2n) is 6.40. The van der Waals surface area contributed by atoms with Gasteiger partial charge in [0.1, 0.15) is 6.10 Å². The Morgan fingerprint density at radius 1 is 1.22 bits per heavy atom. The fourth-order valence-corrected chi connectivity index (χ4v) is 3.12. The normalized spacial score (nSPS) is 29.4. The minimum atomic E-state index is -0.860. The number of carbonyl (C=O) groups is 1. The van der Waals surface area contributed by atoms with E-state index < -0.39 is 12.2 Å². The lowest BCUT2D eigenvalue weighted by Crippen LogP contribution is -2.50. The fourth-order valence-electron chi connectivity index (χ4n) is 3.12. The van der Waals surface area contributed by atoms with Crippen molar-refractivity contribution in [1.29, 1.82) is 0 Å². The summed E-state index contributed by atoms with van der Waals surface area (Å²) in [6.07, 6.45) is -0.335. The molecule has 134 valence electrons. The van der Waals surface area contributed by atoms with E-state index in [1.165, 1.54) is 0 Å². The van der Waals surface area contributed by atoms with Crippen LogP contribution in [0, 0.1) is 5.92 Å². The van der Waals surface area contributed by atoms with Crippen LogP contribution in [-0.2, 0) is 14.3 Å². The Balaban J connectivity index is 1.82. The van der Waals surface area contributed by atoms with Gasteiger partial charge in [0.05, 0.1) is 32.5 Å². The molecule has 0 spiro atoms. The Bertz CT molecular complexity index is 362. The van der Waals surface area contributed by atoms with Gasteiger partial charge in [-0.05, 0) is 6.42 Å². The van der Waals surface area contributed by atoms with Crippen molar-refractivity contribution in [2.75, 3.05) is 59.2 Å². The Morgan fingerprint density at radius 2 is 1.96 bits per heavy atom. The number of ether oxygens (including phenoxy) is 2. The van der Waals surface area contributed by atoms with Crippen LogP contribution in [0.5, 0.6) is 0 Å². The molecule has 0 saturated carbocycles. The van der Waals surface area contributed by atoms with Crippen LogP contribution >= 0.6 is 0 Å². The molecule has 0 unspecified atom stereocenters. The van der Waals surface area contributed by atoms with Crippen molar-refractivity contribution in [2.45, 2.75) is 32.0 Å². The van der Waals surface area contributed by atoms with Gasteiger partial charge in [-0.2, -0.15) is 0 Å². The third-order valence-corrected chi connectivity index (χ3v) is 4.54. The van der Waals surface area contributed by atoms with Crippen molar-refractivity contribution < 1.29 is 24.5 Å². The highest BCUT2D eigenvalue weighted by Crippen LogP contribution is 2.17. The van der Waals surface area contributed by atoms with Crippen LogP contribution in [0.4, 0.5) is 0 Å². The molecule has 3 atom stereocenters. The van der Waals surface area contributed by atoms with Crippen molar-refractivity contribution in [3.63, 3.8) is 0 Å². The average Bonchev–Trinajstić information content (AvgIpc) is 2.57. The molecule has 2 saturated heterocycles. The minimum Gasteiger partial charge on any atom is -0.390 e. The number of nitrogens with zero attached hydrogens (tertiary/aromatic N) is 2. The molecular formula is C16H30N2O5. The van der Waals surface area contributed by atoms with E-state index in [2.05, 4.69) is 4.90 Å². The van der Waals surface area contributed by atoms with Crippen LogP contribution < -0.4 is 0 Å². The van der Waals surface area contributed by atoms with Crippen LogP contribution in [0.25, 0.3) is 0 Å². The molecule has 0 aromatic rings. The molecule has 0 aliphatic carbocycles. The molecule has 2 aliphatic heterocycles. The van der Waals surface area contributed by atoms with Crippen LogP contribution in [-0.4, -0.2) is 97.3 Å². The zero-order valence-corrected chi connectivity index (χ0v) is 14.0. The summed E-state index contributed by atoms with van der Waals surface area (Å²) >= 11 is 0. The quantitative estimate of drug-likeness (QED) is 0.643. The number of aliphatic hydroxyl groups excluding tert-OH is 2. The van der Waals surface area contributed by atoms with Gasteiger partial charge in [0, 0.05) is 45.1 Å². The van der Waals surface area contributed by atoms with E-state index in [9.17, 15) is 15.0 Å². The Morgan fingerprint density at radius 3 is 2.65 bits per heavy atom. The summed E-state index contributed by atoms with van der Waals surface area (Å²) in [6, 6.07) is 0. The van der Waals surface area contributed by atoms with Crippen LogP contribution in [0.2, 0.25) is 0 Å². The number of rotatable bonds is 7. The molecule has 23 heavy (non-hydrogen) atoms. The van der Waals surface area contributed by atoms with E-state index >= 15 is 0 Å². The molecule has 2 fully saturated rings. The van der Waals surface area contributed by atoms with E-state index in [1.807, 2.05) is 6.92 Å². The smallest absolute Gasteiger partial charge is 0.223 e. The molecule has 1 amide bonds. The van der Waals surface area contributed by atoms with Gasteiger partial charge in [-0.25, -0.2) is 0 Å². The number of amides is 1. The first kappa shape index (κ1) is 18.6. The summed E-state index contributed by atoms with van der Waals surface area (Å²) in [5.41, 5.74) is 0. The monoisotopic (exact) mass is 330 g/mol. The predicted octanol–water partition coefficient (Wildman–Crippen LogP) is -0.684. The van der Waals surface area contributed by atoms with Gasteiger partial charge in [-0.3, -0.25) is 9.69 Å². The van der Waals surface area contributed by atoms with Crippen molar-refractivity contribution in [3.05, 3.63) is 0 Å². The lowest BCUT2D eigenvalue weighted by molar-refractivity contribution is -0.142. The van der Waals surface area contributed by atoms with E-state index in [0.29, 0.717) is 26.1 Å². The summed E-state index contributed by atoms with van der Waals surface area (Å²) in [7, 11) is 0. The Hall–Kier alpha value is -0.730. The molecule has 0 bridgehead atoms. The zero-order chi connectivity index (χ0) is 16.7. The van der Waals surface area contributed by atoms with E-state index in [1.54, 1.807) is 4.90 Å². The number of carbonyl (C=O) groups excluding carboxylic acids is 1. The summed E-state index contributed by atoms with van der Waals surface area (Å²) in [4.78, 5) is 16.6. The summed E-state index contributed by atoms with van der Waals surface area (Å²) in [5.74, 6) is -0.122. The molecule has 2 rings (SSSR count). The molecule has 0 aromatic carbocycles. The predicted molar refractivity (Wildman–Crippen MR) is 85.1 cm³/mol. The van der Waals surface area contributed by atoms with E-state index in [4.69, 9.17) is 9.47 Å². The van der Waals surface area contributed by atoms with Gasteiger partial charge in [-0.15, -0.1) is 0 Å². The fraction of sp³-hybridized carbons (Fsp3) is 0.938.